The van der Waals surface area contributed by atoms with Crippen LogP contribution in [0.4, 0.5) is 0 Å². The van der Waals surface area contributed by atoms with Crippen LogP contribution in [0, 0.1) is 5.92 Å². The molecule has 104 valence electrons. The number of nitrogens with zero attached hydrogens (tertiary/aromatic N) is 1. The summed E-state index contributed by atoms with van der Waals surface area (Å²) in [4.78, 5) is 2.50. The minimum absolute atomic E-state index is 0.0298. The van der Waals surface area contributed by atoms with E-state index in [1.54, 1.807) is 0 Å². The summed E-state index contributed by atoms with van der Waals surface area (Å²) >= 11 is 0. The Bertz CT molecular complexity index is 268. The predicted octanol–water partition coefficient (Wildman–Crippen LogP) is 1.03. The zero-order chi connectivity index (χ0) is 12.4. The summed E-state index contributed by atoms with van der Waals surface area (Å²) in [5.74, 6) is 0.619. The lowest BCUT2D eigenvalue weighted by Gasteiger charge is -2.38. The molecule has 0 aromatic heterocycles. The van der Waals surface area contributed by atoms with E-state index in [0.717, 1.165) is 45.6 Å². The van der Waals surface area contributed by atoms with Crippen molar-refractivity contribution in [2.24, 2.45) is 5.92 Å². The van der Waals surface area contributed by atoms with Gasteiger partial charge in [0.2, 0.25) is 0 Å². The zero-order valence-corrected chi connectivity index (χ0v) is 11.1. The average Bonchev–Trinajstić information content (AvgIpc) is 2.87. The summed E-state index contributed by atoms with van der Waals surface area (Å²) in [6.45, 7) is 4.65. The first-order valence-electron chi connectivity index (χ1n) is 7.44. The molecule has 18 heavy (non-hydrogen) atoms. The molecule has 3 aliphatic heterocycles. The zero-order valence-electron chi connectivity index (χ0n) is 11.1. The van der Waals surface area contributed by atoms with E-state index < -0.39 is 0 Å². The molecule has 0 spiro atoms. The molecule has 4 nitrogen and oxygen atoms in total. The van der Waals surface area contributed by atoms with Crippen molar-refractivity contribution in [3.05, 3.63) is 0 Å². The fourth-order valence-electron chi connectivity index (χ4n) is 3.55. The fourth-order valence-corrected chi connectivity index (χ4v) is 3.55. The topological polar surface area (TPSA) is 41.9 Å². The van der Waals surface area contributed by atoms with Gasteiger partial charge in [0, 0.05) is 25.8 Å². The molecular formula is C14H25NO3. The van der Waals surface area contributed by atoms with Crippen LogP contribution in [0.3, 0.4) is 0 Å². The molecule has 3 heterocycles. The quantitative estimate of drug-likeness (QED) is 0.818. The van der Waals surface area contributed by atoms with Crippen LogP contribution in [-0.2, 0) is 9.47 Å². The van der Waals surface area contributed by atoms with Gasteiger partial charge in [0.1, 0.15) is 0 Å². The Labute approximate surface area is 109 Å². The number of rotatable bonds is 3. The SMILES string of the molecule is OC(CC1CCOCC1)C1CN2CCCC2CO1. The number of aliphatic hydroxyl groups excluding tert-OH is 1. The molecule has 0 aromatic rings. The molecule has 0 aliphatic carbocycles. The number of fused-ring (bicyclic) bond motifs is 1. The van der Waals surface area contributed by atoms with Crippen molar-refractivity contribution >= 4 is 0 Å². The number of morpholine rings is 1. The Kier molecular flexibility index (Phi) is 4.19. The van der Waals surface area contributed by atoms with Crippen LogP contribution < -0.4 is 0 Å². The first-order chi connectivity index (χ1) is 8.83. The monoisotopic (exact) mass is 255 g/mol. The molecule has 3 atom stereocenters. The van der Waals surface area contributed by atoms with E-state index in [9.17, 15) is 5.11 Å². The van der Waals surface area contributed by atoms with Crippen molar-refractivity contribution in [2.75, 3.05) is 32.9 Å². The lowest BCUT2D eigenvalue weighted by atomic mass is 9.91. The van der Waals surface area contributed by atoms with Gasteiger partial charge in [-0.05, 0) is 44.6 Å². The molecule has 1 N–H and O–H groups in total. The lowest BCUT2D eigenvalue weighted by Crippen LogP contribution is -2.50. The number of aliphatic hydroxyl groups is 1. The minimum atomic E-state index is -0.297. The van der Waals surface area contributed by atoms with Gasteiger partial charge in [-0.15, -0.1) is 0 Å². The third-order valence-corrected chi connectivity index (χ3v) is 4.76. The van der Waals surface area contributed by atoms with Gasteiger partial charge in [-0.1, -0.05) is 0 Å². The van der Waals surface area contributed by atoms with E-state index in [2.05, 4.69) is 4.90 Å². The smallest absolute Gasteiger partial charge is 0.0961 e. The van der Waals surface area contributed by atoms with Crippen molar-refractivity contribution in [3.63, 3.8) is 0 Å². The Balaban J connectivity index is 1.48. The molecule has 0 radical (unpaired) electrons. The van der Waals surface area contributed by atoms with Gasteiger partial charge in [-0.25, -0.2) is 0 Å². The number of hydrogen-bond acceptors (Lipinski definition) is 4. The van der Waals surface area contributed by atoms with Crippen LogP contribution in [0.2, 0.25) is 0 Å². The third-order valence-electron chi connectivity index (χ3n) is 4.76. The highest BCUT2D eigenvalue weighted by Crippen LogP contribution is 2.27. The summed E-state index contributed by atoms with van der Waals surface area (Å²) in [6, 6.07) is 0.622. The van der Waals surface area contributed by atoms with Crippen molar-refractivity contribution in [1.29, 1.82) is 0 Å². The highest BCUT2D eigenvalue weighted by atomic mass is 16.5. The molecule has 0 aromatic carbocycles. The number of ether oxygens (including phenoxy) is 2. The maximum atomic E-state index is 10.4. The molecule has 0 amide bonds. The Morgan fingerprint density at radius 3 is 2.89 bits per heavy atom. The minimum Gasteiger partial charge on any atom is -0.390 e. The summed E-state index contributed by atoms with van der Waals surface area (Å²) in [7, 11) is 0. The molecule has 0 bridgehead atoms. The van der Waals surface area contributed by atoms with Gasteiger partial charge < -0.3 is 14.6 Å². The molecular weight excluding hydrogens is 230 g/mol. The van der Waals surface area contributed by atoms with E-state index >= 15 is 0 Å². The Hall–Kier alpha value is -0.160. The van der Waals surface area contributed by atoms with Crippen LogP contribution in [0.15, 0.2) is 0 Å². The predicted molar refractivity (Wildman–Crippen MR) is 68.5 cm³/mol. The first kappa shape index (κ1) is 12.9. The van der Waals surface area contributed by atoms with E-state index in [1.807, 2.05) is 0 Å². The molecule has 3 aliphatic rings. The maximum absolute atomic E-state index is 10.4. The van der Waals surface area contributed by atoms with Crippen LogP contribution in [0.25, 0.3) is 0 Å². The normalized spacial score (nSPS) is 36.5. The third kappa shape index (κ3) is 2.87. The summed E-state index contributed by atoms with van der Waals surface area (Å²) < 4.78 is 11.2. The maximum Gasteiger partial charge on any atom is 0.0961 e. The van der Waals surface area contributed by atoms with E-state index in [1.165, 1.54) is 19.4 Å². The molecule has 0 saturated carbocycles. The fraction of sp³-hybridized carbons (Fsp3) is 1.00. The van der Waals surface area contributed by atoms with Crippen molar-refractivity contribution in [1.82, 2.24) is 4.90 Å². The van der Waals surface area contributed by atoms with Crippen LogP contribution in [0.5, 0.6) is 0 Å². The van der Waals surface area contributed by atoms with Gasteiger partial charge >= 0.3 is 0 Å². The second-order valence-electron chi connectivity index (χ2n) is 6.02. The molecule has 3 unspecified atom stereocenters. The van der Waals surface area contributed by atoms with Gasteiger partial charge in [0.15, 0.2) is 0 Å². The molecule has 3 saturated heterocycles. The summed E-state index contributed by atoms with van der Waals surface area (Å²) in [5.41, 5.74) is 0. The largest absolute Gasteiger partial charge is 0.390 e. The molecule has 3 rings (SSSR count). The van der Waals surface area contributed by atoms with Crippen molar-refractivity contribution in [2.45, 2.75) is 50.4 Å². The average molecular weight is 255 g/mol. The van der Waals surface area contributed by atoms with Gasteiger partial charge in [-0.2, -0.15) is 0 Å². The van der Waals surface area contributed by atoms with Gasteiger partial charge in [0.25, 0.3) is 0 Å². The van der Waals surface area contributed by atoms with Crippen LogP contribution in [-0.4, -0.2) is 61.2 Å². The van der Waals surface area contributed by atoms with Crippen LogP contribution >= 0.6 is 0 Å². The van der Waals surface area contributed by atoms with E-state index in [4.69, 9.17) is 9.47 Å². The lowest BCUT2D eigenvalue weighted by molar-refractivity contribution is -0.109. The molecule has 4 heteroatoms. The van der Waals surface area contributed by atoms with E-state index in [0.29, 0.717) is 12.0 Å². The highest BCUT2D eigenvalue weighted by molar-refractivity contribution is 4.88. The summed E-state index contributed by atoms with van der Waals surface area (Å²) in [6.07, 6.45) is 5.36. The van der Waals surface area contributed by atoms with Gasteiger partial charge in [-0.3, -0.25) is 4.90 Å². The second kappa shape index (κ2) is 5.87. The first-order valence-corrected chi connectivity index (χ1v) is 7.44. The van der Waals surface area contributed by atoms with E-state index in [-0.39, 0.29) is 12.2 Å². The molecule has 3 fully saturated rings. The van der Waals surface area contributed by atoms with Gasteiger partial charge in [0.05, 0.1) is 18.8 Å². The Morgan fingerprint density at radius 1 is 1.22 bits per heavy atom. The Morgan fingerprint density at radius 2 is 2.06 bits per heavy atom. The summed E-state index contributed by atoms with van der Waals surface area (Å²) in [5, 5.41) is 10.4. The second-order valence-corrected chi connectivity index (χ2v) is 6.02. The van der Waals surface area contributed by atoms with Crippen molar-refractivity contribution in [3.8, 4) is 0 Å². The van der Waals surface area contributed by atoms with Crippen LogP contribution in [0.1, 0.15) is 32.1 Å². The van der Waals surface area contributed by atoms with Crippen molar-refractivity contribution < 1.29 is 14.6 Å². The standard InChI is InChI=1S/C14H25NO3/c16-13(8-11-3-6-17-7-4-11)14-9-15-5-1-2-12(15)10-18-14/h11-14,16H,1-10H2. The number of hydrogen-bond donors (Lipinski definition) is 1. The highest BCUT2D eigenvalue weighted by Gasteiger charge is 2.35.